The van der Waals surface area contributed by atoms with Crippen molar-refractivity contribution in [3.05, 3.63) is 217 Å². The van der Waals surface area contributed by atoms with Crippen LogP contribution in [0.2, 0.25) is 0 Å². The van der Waals surface area contributed by atoms with Crippen molar-refractivity contribution in [1.29, 1.82) is 0 Å². The zero-order chi connectivity index (χ0) is 38.5. The number of fused-ring (bicyclic) bond motifs is 4. The molecule has 2 nitrogen and oxygen atoms in total. The molecule has 0 heterocycles. The third kappa shape index (κ3) is 6.26. The average molecular weight is 731 g/mol. The summed E-state index contributed by atoms with van der Waals surface area (Å²) < 4.78 is 0. The summed E-state index contributed by atoms with van der Waals surface area (Å²) in [6, 6.07) is 73.5. The van der Waals surface area contributed by atoms with Gasteiger partial charge in [0.15, 0.2) is 0 Å². The summed E-state index contributed by atoms with van der Waals surface area (Å²) in [4.78, 5) is 4.85. The first-order valence-electron chi connectivity index (χ1n) is 19.8. The molecule has 0 aromatic heterocycles. The van der Waals surface area contributed by atoms with E-state index >= 15 is 0 Å². The molecule has 0 aliphatic rings. The lowest BCUT2D eigenvalue weighted by Gasteiger charge is -2.29. The van der Waals surface area contributed by atoms with Crippen molar-refractivity contribution in [2.24, 2.45) is 0 Å². The zero-order valence-corrected chi connectivity index (χ0v) is 32.4. The molecule has 0 atom stereocenters. The third-order valence-electron chi connectivity index (χ3n) is 11.4. The van der Waals surface area contributed by atoms with Gasteiger partial charge in [-0.3, -0.25) is 0 Å². The van der Waals surface area contributed by atoms with E-state index < -0.39 is 0 Å². The fraction of sp³-hybridized carbons (Fsp3) is 0.0545. The van der Waals surface area contributed by atoms with Crippen molar-refractivity contribution >= 4 is 77.2 Å². The predicted octanol–water partition coefficient (Wildman–Crippen LogP) is 15.8. The molecule has 0 fully saturated rings. The topological polar surface area (TPSA) is 6.48 Å². The van der Waals surface area contributed by atoms with Crippen LogP contribution in [0.15, 0.2) is 200 Å². The van der Waals surface area contributed by atoms with E-state index in [4.69, 9.17) is 0 Å². The van der Waals surface area contributed by atoms with Gasteiger partial charge in [-0.05, 0) is 102 Å². The Morgan fingerprint density at radius 2 is 0.579 bits per heavy atom. The average Bonchev–Trinajstić information content (AvgIpc) is 3.24. The molecule has 0 saturated carbocycles. The van der Waals surface area contributed by atoms with Gasteiger partial charge in [0.05, 0.1) is 22.7 Å². The third-order valence-corrected chi connectivity index (χ3v) is 11.4. The largest absolute Gasteiger partial charge is 0.309 e. The first-order valence-corrected chi connectivity index (χ1v) is 19.8. The molecule has 0 unspecified atom stereocenters. The first-order chi connectivity index (χ1) is 28.0. The summed E-state index contributed by atoms with van der Waals surface area (Å²) in [6.07, 6.45) is 0. The van der Waals surface area contributed by atoms with Crippen LogP contribution in [0.1, 0.15) is 16.7 Å². The van der Waals surface area contributed by atoms with Crippen LogP contribution in [0.25, 0.3) is 54.2 Å². The van der Waals surface area contributed by atoms with Crippen molar-refractivity contribution in [3.8, 4) is 11.1 Å². The molecule has 10 aromatic carbocycles. The minimum absolute atomic E-state index is 1.11. The van der Waals surface area contributed by atoms with E-state index in [-0.39, 0.29) is 0 Å². The second-order valence-corrected chi connectivity index (χ2v) is 15.3. The quantitative estimate of drug-likeness (QED) is 0.161. The maximum Gasteiger partial charge on any atom is 0.0540 e. The molecule has 0 amide bonds. The molecular formula is C55H42N2. The van der Waals surface area contributed by atoms with Crippen LogP contribution in [0.3, 0.4) is 0 Å². The standard InChI is InChI=1S/C55H42N2/c1-37-20-31-49-43(34-37)12-7-17-53(49)56(52-16-6-11-42-10-4-5-15-48(42)52)46-27-23-40(24-28-46)41-25-29-47(30-26-41)57(54-18-8-13-44-35-38(2)21-32-50(44)54)55-19-9-14-45-36-39(3)22-33-51(45)55/h4-36H,1-3H3. The normalized spacial score (nSPS) is 11.4. The van der Waals surface area contributed by atoms with E-state index in [0.29, 0.717) is 0 Å². The molecule has 0 aliphatic heterocycles. The Kier molecular flexibility index (Phi) is 8.53. The zero-order valence-electron chi connectivity index (χ0n) is 32.4. The number of aryl methyl sites for hydroxylation is 3. The van der Waals surface area contributed by atoms with Gasteiger partial charge in [0, 0.05) is 32.9 Å². The minimum Gasteiger partial charge on any atom is -0.309 e. The molecule has 0 radical (unpaired) electrons. The van der Waals surface area contributed by atoms with Gasteiger partial charge in [0.25, 0.3) is 0 Å². The van der Waals surface area contributed by atoms with Gasteiger partial charge in [-0.2, -0.15) is 0 Å². The maximum atomic E-state index is 2.43. The molecule has 57 heavy (non-hydrogen) atoms. The van der Waals surface area contributed by atoms with Gasteiger partial charge < -0.3 is 9.80 Å². The maximum absolute atomic E-state index is 2.43. The predicted molar refractivity (Wildman–Crippen MR) is 245 cm³/mol. The second kappa shape index (κ2) is 14.2. The molecular weight excluding hydrogens is 689 g/mol. The Labute approximate surface area is 334 Å². The summed E-state index contributed by atoms with van der Waals surface area (Å²) >= 11 is 0. The SMILES string of the molecule is Cc1ccc2c(N(c3ccc(-c4ccc(N(c5cccc6cc(C)ccc56)c5cccc6cc(C)ccc56)cc4)cc3)c3cccc4ccccc34)cccc2c1. The van der Waals surface area contributed by atoms with Crippen molar-refractivity contribution in [2.45, 2.75) is 20.8 Å². The fourth-order valence-corrected chi connectivity index (χ4v) is 8.57. The molecule has 10 rings (SSSR count). The highest BCUT2D eigenvalue weighted by molar-refractivity contribution is 6.06. The lowest BCUT2D eigenvalue weighted by molar-refractivity contribution is 1.31. The molecule has 10 aromatic rings. The molecule has 0 N–H and O–H groups in total. The van der Waals surface area contributed by atoms with Crippen LogP contribution in [0.4, 0.5) is 34.1 Å². The van der Waals surface area contributed by atoms with Crippen molar-refractivity contribution in [3.63, 3.8) is 0 Å². The van der Waals surface area contributed by atoms with Crippen LogP contribution in [-0.4, -0.2) is 0 Å². The smallest absolute Gasteiger partial charge is 0.0540 e. The first kappa shape index (κ1) is 34.3. The van der Waals surface area contributed by atoms with Crippen molar-refractivity contribution < 1.29 is 0 Å². The van der Waals surface area contributed by atoms with Gasteiger partial charge in [0.1, 0.15) is 0 Å². The fourth-order valence-electron chi connectivity index (χ4n) is 8.57. The highest BCUT2D eigenvalue weighted by Crippen LogP contribution is 2.45. The van der Waals surface area contributed by atoms with Crippen molar-refractivity contribution in [1.82, 2.24) is 0 Å². The molecule has 272 valence electrons. The van der Waals surface area contributed by atoms with Crippen LogP contribution in [0, 0.1) is 20.8 Å². The van der Waals surface area contributed by atoms with E-state index in [1.807, 2.05) is 0 Å². The Bertz CT molecular complexity index is 3010. The Balaban J connectivity index is 1.07. The molecule has 0 bridgehead atoms. The number of rotatable bonds is 7. The summed E-state index contributed by atoms with van der Waals surface area (Å²) in [5, 5.41) is 9.83. The van der Waals surface area contributed by atoms with Gasteiger partial charge in [-0.15, -0.1) is 0 Å². The van der Waals surface area contributed by atoms with Gasteiger partial charge in [-0.1, -0.05) is 168 Å². The summed E-state index contributed by atoms with van der Waals surface area (Å²) in [5.41, 5.74) is 13.0. The van der Waals surface area contributed by atoms with Crippen molar-refractivity contribution in [2.75, 3.05) is 9.80 Å². The minimum atomic E-state index is 1.11. The van der Waals surface area contributed by atoms with E-state index in [1.165, 1.54) is 70.9 Å². The molecule has 0 spiro atoms. The molecule has 2 heteroatoms. The number of benzene rings is 10. The highest BCUT2D eigenvalue weighted by Gasteiger charge is 2.20. The summed E-state index contributed by atoms with van der Waals surface area (Å²) in [7, 11) is 0. The van der Waals surface area contributed by atoms with Gasteiger partial charge in [-0.25, -0.2) is 0 Å². The number of anilines is 6. The number of hydrogen-bond acceptors (Lipinski definition) is 2. The van der Waals surface area contributed by atoms with Crippen LogP contribution >= 0.6 is 0 Å². The number of hydrogen-bond donors (Lipinski definition) is 0. The van der Waals surface area contributed by atoms with Crippen LogP contribution in [0.5, 0.6) is 0 Å². The van der Waals surface area contributed by atoms with Crippen LogP contribution < -0.4 is 9.80 Å². The van der Waals surface area contributed by atoms with E-state index in [2.05, 4.69) is 231 Å². The Morgan fingerprint density at radius 3 is 0.965 bits per heavy atom. The van der Waals surface area contributed by atoms with Gasteiger partial charge >= 0.3 is 0 Å². The summed E-state index contributed by atoms with van der Waals surface area (Å²) in [5.74, 6) is 0. The highest BCUT2D eigenvalue weighted by atomic mass is 15.2. The van der Waals surface area contributed by atoms with Gasteiger partial charge in [0.2, 0.25) is 0 Å². The van der Waals surface area contributed by atoms with E-state index in [1.54, 1.807) is 0 Å². The number of nitrogens with zero attached hydrogens (tertiary/aromatic N) is 2. The monoisotopic (exact) mass is 730 g/mol. The molecule has 0 saturated heterocycles. The molecule has 0 aliphatic carbocycles. The lowest BCUT2D eigenvalue weighted by atomic mass is 10.00. The van der Waals surface area contributed by atoms with E-state index in [9.17, 15) is 0 Å². The Hall–Kier alpha value is -7.16. The Morgan fingerprint density at radius 1 is 0.263 bits per heavy atom. The van der Waals surface area contributed by atoms with E-state index in [0.717, 1.165) is 34.1 Å². The second-order valence-electron chi connectivity index (χ2n) is 15.3. The summed E-state index contributed by atoms with van der Waals surface area (Å²) in [6.45, 7) is 6.48. The lowest BCUT2D eigenvalue weighted by Crippen LogP contribution is -2.11. The van der Waals surface area contributed by atoms with Crippen LogP contribution in [-0.2, 0) is 0 Å².